The zero-order chi connectivity index (χ0) is 9.40. The van der Waals surface area contributed by atoms with Gasteiger partial charge in [0.15, 0.2) is 0 Å². The average Bonchev–Trinajstić information content (AvgIpc) is 2.12. The number of rotatable bonds is 7. The Hall–Kier alpha value is -0.120. The van der Waals surface area contributed by atoms with Gasteiger partial charge in [0.2, 0.25) is 0 Å². The molecule has 0 radical (unpaired) electrons. The van der Waals surface area contributed by atoms with Gasteiger partial charge in [-0.2, -0.15) is 0 Å². The molecule has 0 aromatic rings. The lowest BCUT2D eigenvalue weighted by Crippen LogP contribution is -2.34. The van der Waals surface area contributed by atoms with Gasteiger partial charge >= 0.3 is 0 Å². The first-order valence-corrected chi connectivity index (χ1v) is 4.76. The largest absolute Gasteiger partial charge is 0.395 e. The fourth-order valence-electron chi connectivity index (χ4n) is 1.12. The monoisotopic (exact) mass is 174 g/mol. The van der Waals surface area contributed by atoms with Crippen molar-refractivity contribution in [2.24, 2.45) is 0 Å². The summed E-state index contributed by atoms with van der Waals surface area (Å²) in [6.45, 7) is 5.36. The minimum atomic E-state index is 0.219. The van der Waals surface area contributed by atoms with Gasteiger partial charge in [0, 0.05) is 12.1 Å². The van der Waals surface area contributed by atoms with Gasteiger partial charge in [-0.05, 0) is 33.4 Å². The topological polar surface area (TPSA) is 44.3 Å². The van der Waals surface area contributed by atoms with Crippen molar-refractivity contribution in [2.45, 2.75) is 38.8 Å². The van der Waals surface area contributed by atoms with E-state index in [4.69, 9.17) is 5.11 Å². The fourth-order valence-corrected chi connectivity index (χ4v) is 1.12. The zero-order valence-electron chi connectivity index (χ0n) is 8.43. The zero-order valence-corrected chi connectivity index (χ0v) is 8.43. The van der Waals surface area contributed by atoms with Gasteiger partial charge in [0.25, 0.3) is 0 Å². The molecule has 0 spiro atoms. The maximum absolute atomic E-state index is 8.74. The fraction of sp³-hybridized carbons (Fsp3) is 1.00. The van der Waals surface area contributed by atoms with Crippen LogP contribution in [0.5, 0.6) is 0 Å². The SMILES string of the molecule is CCC(CCNC(C)CO)NC. The van der Waals surface area contributed by atoms with Crippen molar-refractivity contribution in [3.8, 4) is 0 Å². The molecule has 0 saturated carbocycles. The second-order valence-corrected chi connectivity index (χ2v) is 3.22. The molecule has 3 nitrogen and oxygen atoms in total. The molecule has 0 aromatic carbocycles. The van der Waals surface area contributed by atoms with E-state index in [1.165, 1.54) is 0 Å². The molecule has 3 N–H and O–H groups in total. The Balaban J connectivity index is 3.28. The van der Waals surface area contributed by atoms with Crippen LogP contribution in [0, 0.1) is 0 Å². The molecule has 0 rings (SSSR count). The Morgan fingerprint density at radius 2 is 2.08 bits per heavy atom. The third-order valence-corrected chi connectivity index (χ3v) is 2.16. The van der Waals surface area contributed by atoms with E-state index < -0.39 is 0 Å². The van der Waals surface area contributed by atoms with E-state index in [9.17, 15) is 0 Å². The first kappa shape index (κ1) is 11.9. The van der Waals surface area contributed by atoms with E-state index in [1.807, 2.05) is 14.0 Å². The molecule has 0 aliphatic carbocycles. The molecule has 2 unspecified atom stereocenters. The summed E-state index contributed by atoms with van der Waals surface area (Å²) in [6.07, 6.45) is 2.28. The van der Waals surface area contributed by atoms with E-state index >= 15 is 0 Å². The Morgan fingerprint density at radius 1 is 1.42 bits per heavy atom. The molecule has 0 heterocycles. The summed E-state index contributed by atoms with van der Waals surface area (Å²) >= 11 is 0. The Bertz CT molecular complexity index is 94.5. The highest BCUT2D eigenvalue weighted by Crippen LogP contribution is 1.94. The van der Waals surface area contributed by atoms with E-state index in [1.54, 1.807) is 0 Å². The summed E-state index contributed by atoms with van der Waals surface area (Å²) in [4.78, 5) is 0. The highest BCUT2D eigenvalue weighted by Gasteiger charge is 2.03. The molecule has 2 atom stereocenters. The predicted octanol–water partition coefficient (Wildman–Crippen LogP) is 0.345. The van der Waals surface area contributed by atoms with Crippen LogP contribution in [0.4, 0.5) is 0 Å². The predicted molar refractivity (Wildman–Crippen MR) is 52.3 cm³/mol. The molecule has 0 bridgehead atoms. The number of hydrogen-bond donors (Lipinski definition) is 3. The first-order chi connectivity index (χ1) is 5.74. The van der Waals surface area contributed by atoms with E-state index in [0.717, 1.165) is 19.4 Å². The van der Waals surface area contributed by atoms with Gasteiger partial charge in [0.1, 0.15) is 0 Å². The van der Waals surface area contributed by atoms with E-state index in [2.05, 4.69) is 17.6 Å². The summed E-state index contributed by atoms with van der Waals surface area (Å²) < 4.78 is 0. The Kier molecular flexibility index (Phi) is 7.45. The van der Waals surface area contributed by atoms with Crippen LogP contribution in [0.2, 0.25) is 0 Å². The van der Waals surface area contributed by atoms with Crippen molar-refractivity contribution in [1.82, 2.24) is 10.6 Å². The molecule has 0 aliphatic heterocycles. The van der Waals surface area contributed by atoms with Crippen molar-refractivity contribution in [3.63, 3.8) is 0 Å². The molecular formula is C9H22N2O. The van der Waals surface area contributed by atoms with Crippen LogP contribution in [0.25, 0.3) is 0 Å². The molecule has 0 aliphatic rings. The lowest BCUT2D eigenvalue weighted by Gasteiger charge is -2.16. The summed E-state index contributed by atoms with van der Waals surface area (Å²) in [6, 6.07) is 0.822. The summed E-state index contributed by atoms with van der Waals surface area (Å²) in [5.74, 6) is 0. The van der Waals surface area contributed by atoms with Gasteiger partial charge in [-0.3, -0.25) is 0 Å². The van der Waals surface area contributed by atoms with Crippen molar-refractivity contribution in [2.75, 3.05) is 20.2 Å². The molecule has 74 valence electrons. The van der Waals surface area contributed by atoms with Crippen LogP contribution in [0.15, 0.2) is 0 Å². The Morgan fingerprint density at radius 3 is 2.50 bits per heavy atom. The highest BCUT2D eigenvalue weighted by molar-refractivity contribution is 4.65. The minimum Gasteiger partial charge on any atom is -0.395 e. The van der Waals surface area contributed by atoms with Gasteiger partial charge in [-0.1, -0.05) is 6.92 Å². The van der Waals surface area contributed by atoms with Crippen LogP contribution in [-0.4, -0.2) is 37.4 Å². The number of aliphatic hydroxyl groups excluding tert-OH is 1. The smallest absolute Gasteiger partial charge is 0.0581 e. The third-order valence-electron chi connectivity index (χ3n) is 2.16. The maximum atomic E-state index is 8.74. The Labute approximate surface area is 75.6 Å². The number of hydrogen-bond acceptors (Lipinski definition) is 3. The van der Waals surface area contributed by atoms with Crippen LogP contribution >= 0.6 is 0 Å². The first-order valence-electron chi connectivity index (χ1n) is 4.76. The van der Waals surface area contributed by atoms with E-state index in [0.29, 0.717) is 6.04 Å². The van der Waals surface area contributed by atoms with Crippen LogP contribution in [0.1, 0.15) is 26.7 Å². The summed E-state index contributed by atoms with van der Waals surface area (Å²) in [5, 5.41) is 15.2. The summed E-state index contributed by atoms with van der Waals surface area (Å²) in [7, 11) is 1.99. The number of aliphatic hydroxyl groups is 1. The molecule has 3 heteroatoms. The quantitative estimate of drug-likeness (QED) is 0.521. The molecule has 0 fully saturated rings. The van der Waals surface area contributed by atoms with Gasteiger partial charge in [-0.15, -0.1) is 0 Å². The molecule has 0 amide bonds. The lowest BCUT2D eigenvalue weighted by atomic mass is 10.1. The van der Waals surface area contributed by atoms with E-state index in [-0.39, 0.29) is 12.6 Å². The highest BCUT2D eigenvalue weighted by atomic mass is 16.3. The van der Waals surface area contributed by atoms with Crippen molar-refractivity contribution < 1.29 is 5.11 Å². The van der Waals surface area contributed by atoms with Crippen molar-refractivity contribution in [1.29, 1.82) is 0 Å². The van der Waals surface area contributed by atoms with Gasteiger partial charge in [-0.25, -0.2) is 0 Å². The molecule has 0 saturated heterocycles. The van der Waals surface area contributed by atoms with Crippen LogP contribution < -0.4 is 10.6 Å². The van der Waals surface area contributed by atoms with Gasteiger partial charge in [0.05, 0.1) is 6.61 Å². The number of nitrogens with one attached hydrogen (secondary N) is 2. The van der Waals surface area contributed by atoms with Crippen LogP contribution in [0.3, 0.4) is 0 Å². The van der Waals surface area contributed by atoms with Crippen molar-refractivity contribution >= 4 is 0 Å². The third kappa shape index (κ3) is 5.52. The molecule has 12 heavy (non-hydrogen) atoms. The van der Waals surface area contributed by atoms with Crippen molar-refractivity contribution in [3.05, 3.63) is 0 Å². The molecular weight excluding hydrogens is 152 g/mol. The molecule has 0 aromatic heterocycles. The van der Waals surface area contributed by atoms with Crippen LogP contribution in [-0.2, 0) is 0 Å². The minimum absolute atomic E-state index is 0.219. The second kappa shape index (κ2) is 7.53. The lowest BCUT2D eigenvalue weighted by molar-refractivity contribution is 0.250. The second-order valence-electron chi connectivity index (χ2n) is 3.22. The maximum Gasteiger partial charge on any atom is 0.0581 e. The average molecular weight is 174 g/mol. The van der Waals surface area contributed by atoms with Gasteiger partial charge < -0.3 is 15.7 Å². The standard InChI is InChI=1S/C9H22N2O/c1-4-9(10-3)5-6-11-8(2)7-12/h8-12H,4-7H2,1-3H3. The normalized spacial score (nSPS) is 16.0. The summed E-state index contributed by atoms with van der Waals surface area (Å²) in [5.41, 5.74) is 0.